The predicted octanol–water partition coefficient (Wildman–Crippen LogP) is 20.2. The number of esters is 1. The molecule has 1 fully saturated rings. The lowest BCUT2D eigenvalue weighted by atomic mass is 9.99. The van der Waals surface area contributed by atoms with Gasteiger partial charge in [-0.25, -0.2) is 0 Å². The summed E-state index contributed by atoms with van der Waals surface area (Å²) in [4.78, 5) is 26.7. The molecule has 90 heavy (non-hydrogen) atoms. The summed E-state index contributed by atoms with van der Waals surface area (Å²) in [6.45, 7) is 5.79. The van der Waals surface area contributed by atoms with Gasteiger partial charge >= 0.3 is 5.97 Å². The highest BCUT2D eigenvalue weighted by Crippen LogP contribution is 2.26. The van der Waals surface area contributed by atoms with Crippen LogP contribution < -0.4 is 5.32 Å². The number of carbonyl (C=O) groups excluding carboxylic acids is 2. The molecule has 11 heteroatoms. The number of carbonyl (C=O) groups is 2. The van der Waals surface area contributed by atoms with Gasteiger partial charge in [-0.3, -0.25) is 9.59 Å². The lowest BCUT2D eigenvalue weighted by Gasteiger charge is -2.41. The molecule has 0 saturated carbocycles. The first-order valence-electron chi connectivity index (χ1n) is 38.2. The number of allylic oxidation sites excluding steroid dienone is 11. The molecule has 1 amide bonds. The van der Waals surface area contributed by atoms with Gasteiger partial charge in [-0.15, -0.1) is 0 Å². The van der Waals surface area contributed by atoms with Gasteiger partial charge in [0.2, 0.25) is 5.91 Å². The third kappa shape index (κ3) is 52.5. The smallest absolute Gasteiger partial charge is 0.306 e. The Morgan fingerprint density at radius 2 is 0.767 bits per heavy atom. The zero-order valence-corrected chi connectivity index (χ0v) is 58.5. The molecule has 8 unspecified atom stereocenters. The number of amides is 1. The highest BCUT2D eigenvalue weighted by molar-refractivity contribution is 5.80. The van der Waals surface area contributed by atoms with Gasteiger partial charge in [-0.2, -0.15) is 0 Å². The number of nitrogens with one attached hydrogen (secondary N) is 1. The van der Waals surface area contributed by atoms with E-state index < -0.39 is 67.4 Å². The van der Waals surface area contributed by atoms with Crippen molar-refractivity contribution in [3.63, 3.8) is 0 Å². The quantitative estimate of drug-likeness (QED) is 0.0195. The lowest BCUT2D eigenvalue weighted by molar-refractivity contribution is -0.305. The van der Waals surface area contributed by atoms with Crippen molar-refractivity contribution in [1.82, 2.24) is 5.32 Å². The van der Waals surface area contributed by atoms with E-state index in [2.05, 4.69) is 86.8 Å². The van der Waals surface area contributed by atoms with Crippen LogP contribution in [0.4, 0.5) is 0 Å². The molecule has 6 N–H and O–H groups in total. The van der Waals surface area contributed by atoms with Crippen LogP contribution in [0.2, 0.25) is 0 Å². The highest BCUT2D eigenvalue weighted by atomic mass is 16.7. The van der Waals surface area contributed by atoms with E-state index in [1.807, 2.05) is 6.08 Å². The summed E-state index contributed by atoms with van der Waals surface area (Å²) >= 11 is 0. The normalized spacial score (nSPS) is 18.4. The van der Waals surface area contributed by atoms with E-state index in [4.69, 9.17) is 14.2 Å². The Hall–Kier alpha value is -2.90. The molecular weight excluding hydrogens is 1120 g/mol. The molecule has 0 radical (unpaired) electrons. The Balaban J connectivity index is 2.51. The second kappa shape index (κ2) is 66.1. The van der Waals surface area contributed by atoms with Crippen LogP contribution in [0.5, 0.6) is 0 Å². The lowest BCUT2D eigenvalue weighted by Crippen LogP contribution is -2.61. The molecule has 0 bridgehead atoms. The van der Waals surface area contributed by atoms with Crippen LogP contribution in [0.3, 0.4) is 0 Å². The number of hydrogen-bond donors (Lipinski definition) is 6. The summed E-state index contributed by atoms with van der Waals surface area (Å²) in [6.07, 6.45) is 76.6. The zero-order chi connectivity index (χ0) is 65.3. The topological polar surface area (TPSA) is 175 Å². The van der Waals surface area contributed by atoms with Crippen LogP contribution in [-0.2, 0) is 23.8 Å². The third-order valence-electron chi connectivity index (χ3n) is 17.8. The fourth-order valence-corrected chi connectivity index (χ4v) is 11.8. The van der Waals surface area contributed by atoms with Crippen molar-refractivity contribution in [2.24, 2.45) is 0 Å². The maximum Gasteiger partial charge on any atom is 0.306 e. The SMILES string of the molecule is CCCCC/C=C\C/C=C\C/C=C\CCCCCCCCCCCCCCCCC(=O)OC1C(OCC(NC(=O)C(O)CCCCCCCCCCCCCC/C=C\C/C=C\CCCCC)C(O)/C=C/CCCCCCCCCCCC)OC(CO)C(O)C1O. The summed E-state index contributed by atoms with van der Waals surface area (Å²) in [5.41, 5.74) is 0. The molecule has 0 aliphatic carbocycles. The number of unbranched alkanes of at least 4 members (excludes halogenated alkanes) is 42. The molecule has 8 atom stereocenters. The fraction of sp³-hybridized carbons (Fsp3) is 0.823. The van der Waals surface area contributed by atoms with Gasteiger partial charge in [0.05, 0.1) is 25.4 Å². The Morgan fingerprint density at radius 1 is 0.433 bits per heavy atom. The maximum atomic E-state index is 13.5. The van der Waals surface area contributed by atoms with Crippen molar-refractivity contribution < 1.29 is 49.3 Å². The fourth-order valence-electron chi connectivity index (χ4n) is 11.8. The van der Waals surface area contributed by atoms with Gasteiger partial charge in [-0.05, 0) is 96.3 Å². The van der Waals surface area contributed by atoms with Gasteiger partial charge in [-0.1, -0.05) is 325 Å². The van der Waals surface area contributed by atoms with E-state index in [1.54, 1.807) is 6.08 Å². The monoisotopic (exact) mass is 1270 g/mol. The Morgan fingerprint density at radius 3 is 1.17 bits per heavy atom. The van der Waals surface area contributed by atoms with Crippen LogP contribution in [0.1, 0.15) is 355 Å². The number of aliphatic hydroxyl groups is 5. The highest BCUT2D eigenvalue weighted by Gasteiger charge is 2.47. The first kappa shape index (κ1) is 85.1. The minimum absolute atomic E-state index is 0.122. The molecule has 1 rings (SSSR count). The Bertz CT molecular complexity index is 1750. The molecule has 524 valence electrons. The molecule has 0 aromatic carbocycles. The molecule has 0 aromatic heterocycles. The molecule has 0 aromatic rings. The number of hydrogen-bond acceptors (Lipinski definition) is 10. The molecule has 0 spiro atoms. The third-order valence-corrected chi connectivity index (χ3v) is 17.8. The van der Waals surface area contributed by atoms with E-state index in [1.165, 1.54) is 231 Å². The van der Waals surface area contributed by atoms with Gasteiger partial charge < -0.3 is 45.1 Å². The molecule has 1 heterocycles. The number of rotatable bonds is 66. The van der Waals surface area contributed by atoms with E-state index in [-0.39, 0.29) is 13.0 Å². The van der Waals surface area contributed by atoms with E-state index in [0.717, 1.165) is 77.0 Å². The van der Waals surface area contributed by atoms with Crippen molar-refractivity contribution in [2.45, 2.75) is 404 Å². The average Bonchev–Trinajstić information content (AvgIpc) is 3.71. The van der Waals surface area contributed by atoms with Crippen LogP contribution in [0.15, 0.2) is 72.9 Å². The molecule has 1 saturated heterocycles. The van der Waals surface area contributed by atoms with Gasteiger partial charge in [0.15, 0.2) is 12.4 Å². The van der Waals surface area contributed by atoms with Crippen molar-refractivity contribution in [2.75, 3.05) is 13.2 Å². The van der Waals surface area contributed by atoms with E-state index >= 15 is 0 Å². The molecule has 1 aliphatic heterocycles. The summed E-state index contributed by atoms with van der Waals surface area (Å²) in [5, 5.41) is 57.4. The van der Waals surface area contributed by atoms with E-state index in [9.17, 15) is 35.1 Å². The summed E-state index contributed by atoms with van der Waals surface area (Å²) in [5.74, 6) is -1.19. The summed E-state index contributed by atoms with van der Waals surface area (Å²) < 4.78 is 17.7. The van der Waals surface area contributed by atoms with Gasteiger partial charge in [0, 0.05) is 6.42 Å². The zero-order valence-electron chi connectivity index (χ0n) is 58.5. The standard InChI is InChI=1S/C79H143NO10/c1-4-7-10-13-16-19-22-25-27-29-31-33-35-36-37-38-39-41-43-45-47-49-52-55-58-61-64-67-74(84)90-77-76(86)75(85)73(68-81)89-79(77)88-69-70(71(82)65-62-59-56-53-50-24-21-18-15-12-9-6-3)80-78(87)72(83)66-63-60-57-54-51-48-46-44-42-40-34-32-30-28-26-23-20-17-14-11-8-5-2/h16-17,19-20,25-28,31,33,62,65,70-73,75-77,79,81-83,85-86H,4-15,18,21-24,29-30,32,34-61,63-64,66-69H2,1-3H3,(H,80,87)/b19-16-,20-17-,27-25-,28-26-,33-31-,65-62+. The molecule has 1 aliphatic rings. The average molecular weight is 1270 g/mol. The largest absolute Gasteiger partial charge is 0.454 e. The number of aliphatic hydroxyl groups excluding tert-OH is 5. The van der Waals surface area contributed by atoms with Crippen molar-refractivity contribution in [1.29, 1.82) is 0 Å². The first-order valence-corrected chi connectivity index (χ1v) is 38.2. The molecule has 11 nitrogen and oxygen atoms in total. The summed E-state index contributed by atoms with van der Waals surface area (Å²) in [7, 11) is 0. The maximum absolute atomic E-state index is 13.5. The van der Waals surface area contributed by atoms with Gasteiger partial charge in [0.25, 0.3) is 0 Å². The van der Waals surface area contributed by atoms with E-state index in [0.29, 0.717) is 19.3 Å². The van der Waals surface area contributed by atoms with Crippen molar-refractivity contribution in [3.05, 3.63) is 72.9 Å². The minimum Gasteiger partial charge on any atom is -0.454 e. The first-order chi connectivity index (χ1) is 44.2. The van der Waals surface area contributed by atoms with Crippen molar-refractivity contribution in [3.8, 4) is 0 Å². The molecular formula is C79H143NO10. The van der Waals surface area contributed by atoms with Crippen LogP contribution in [0, 0.1) is 0 Å². The summed E-state index contributed by atoms with van der Waals surface area (Å²) in [6, 6.07) is -1.03. The second-order valence-corrected chi connectivity index (χ2v) is 26.4. The van der Waals surface area contributed by atoms with Crippen molar-refractivity contribution >= 4 is 11.9 Å². The van der Waals surface area contributed by atoms with Crippen LogP contribution in [-0.4, -0.2) is 99.6 Å². The predicted molar refractivity (Wildman–Crippen MR) is 379 cm³/mol. The Labute approximate surface area is 553 Å². The van der Waals surface area contributed by atoms with Gasteiger partial charge in [0.1, 0.15) is 24.4 Å². The minimum atomic E-state index is -1.62. The van der Waals surface area contributed by atoms with Crippen LogP contribution in [0.25, 0.3) is 0 Å². The Kier molecular flexibility index (Phi) is 62.5. The van der Waals surface area contributed by atoms with Crippen LogP contribution >= 0.6 is 0 Å². The number of ether oxygens (including phenoxy) is 3. The second-order valence-electron chi connectivity index (χ2n) is 26.4.